The molecule has 2 aromatic carbocycles. The lowest BCUT2D eigenvalue weighted by Crippen LogP contribution is -2.29. The lowest BCUT2D eigenvalue weighted by atomic mass is 9.94. The number of hydrogen-bond donors (Lipinski definition) is 1. The number of aliphatic hydroxyl groups excluding tert-OH is 1. The van der Waals surface area contributed by atoms with E-state index in [0.717, 1.165) is 0 Å². The van der Waals surface area contributed by atoms with Crippen LogP contribution in [0.2, 0.25) is 0 Å². The van der Waals surface area contributed by atoms with Crippen LogP contribution in [-0.4, -0.2) is 35.9 Å². The minimum absolute atomic E-state index is 0.0192. The van der Waals surface area contributed by atoms with Crippen LogP contribution in [0.4, 0.5) is 0 Å². The number of furan rings is 1. The normalized spacial score (nSPS) is 17.7. The van der Waals surface area contributed by atoms with Crippen LogP contribution in [0, 0.1) is 0 Å². The lowest BCUT2D eigenvalue weighted by molar-refractivity contribution is -0.140. The molecule has 4 rings (SSSR count). The van der Waals surface area contributed by atoms with E-state index in [0.29, 0.717) is 28.4 Å². The molecule has 0 aliphatic carbocycles. The molecule has 0 saturated carbocycles. The summed E-state index contributed by atoms with van der Waals surface area (Å²) in [6, 6.07) is 16.3. The summed E-state index contributed by atoms with van der Waals surface area (Å²) in [5.41, 5.74) is 0.935. The van der Waals surface area contributed by atoms with Gasteiger partial charge in [-0.2, -0.15) is 0 Å². The average Bonchev–Trinajstić information content (AvgIpc) is 3.41. The molecule has 2 heterocycles. The van der Waals surface area contributed by atoms with Crippen molar-refractivity contribution in [2.24, 2.45) is 0 Å². The van der Waals surface area contributed by atoms with Gasteiger partial charge < -0.3 is 23.9 Å². The number of Topliss-reactive ketones (excluding diaryl/α,β-unsaturated/α-hetero) is 1. The van der Waals surface area contributed by atoms with Gasteiger partial charge in [0.1, 0.15) is 23.0 Å². The van der Waals surface area contributed by atoms with Gasteiger partial charge in [0.15, 0.2) is 0 Å². The standard InChI is InChI=1S/C24H21NO6/c1-29-16-10-11-19(30-2)18(13-16)21-20(22(26)15-7-4-3-5-8-15)23(27)24(28)25(21)14-17-9-6-12-31-17/h3-13,21,26H,14H2,1-2H3/b22-20+/t21-/m1/s1. The molecule has 1 atom stereocenters. The maximum absolute atomic E-state index is 13.1. The van der Waals surface area contributed by atoms with Crippen molar-refractivity contribution >= 4 is 17.4 Å². The Morgan fingerprint density at radius 2 is 1.81 bits per heavy atom. The predicted molar refractivity (Wildman–Crippen MR) is 113 cm³/mol. The van der Waals surface area contributed by atoms with Gasteiger partial charge >= 0.3 is 0 Å². The average molecular weight is 419 g/mol. The molecule has 0 spiro atoms. The second-order valence-corrected chi connectivity index (χ2v) is 6.98. The van der Waals surface area contributed by atoms with Gasteiger partial charge in [-0.3, -0.25) is 9.59 Å². The zero-order chi connectivity index (χ0) is 22.0. The van der Waals surface area contributed by atoms with E-state index in [1.54, 1.807) is 60.7 Å². The molecule has 7 nitrogen and oxygen atoms in total. The SMILES string of the molecule is COc1ccc(OC)c([C@@H]2/C(=C(\O)c3ccccc3)C(=O)C(=O)N2Cc2ccco2)c1. The van der Waals surface area contributed by atoms with Gasteiger partial charge in [-0.25, -0.2) is 0 Å². The Hall–Kier alpha value is -4.00. The number of nitrogens with zero attached hydrogens (tertiary/aromatic N) is 1. The Kier molecular flexibility index (Phi) is 5.49. The van der Waals surface area contributed by atoms with E-state index in [1.165, 1.54) is 25.4 Å². The number of rotatable bonds is 6. The van der Waals surface area contributed by atoms with E-state index in [2.05, 4.69) is 0 Å². The van der Waals surface area contributed by atoms with Gasteiger partial charge in [-0.1, -0.05) is 30.3 Å². The summed E-state index contributed by atoms with van der Waals surface area (Å²) in [7, 11) is 3.02. The molecule has 1 N–H and O–H groups in total. The van der Waals surface area contributed by atoms with Crippen molar-refractivity contribution in [1.29, 1.82) is 0 Å². The van der Waals surface area contributed by atoms with Gasteiger partial charge in [0.05, 0.1) is 38.6 Å². The van der Waals surface area contributed by atoms with Crippen molar-refractivity contribution in [1.82, 2.24) is 4.90 Å². The number of aliphatic hydroxyl groups is 1. The second kappa shape index (κ2) is 8.39. The minimum Gasteiger partial charge on any atom is -0.507 e. The highest BCUT2D eigenvalue weighted by molar-refractivity contribution is 6.46. The van der Waals surface area contributed by atoms with Crippen molar-refractivity contribution in [3.8, 4) is 11.5 Å². The number of methoxy groups -OCH3 is 2. The molecule has 7 heteroatoms. The van der Waals surface area contributed by atoms with Crippen LogP contribution in [0.25, 0.3) is 5.76 Å². The van der Waals surface area contributed by atoms with Crippen molar-refractivity contribution in [3.63, 3.8) is 0 Å². The van der Waals surface area contributed by atoms with Crippen LogP contribution >= 0.6 is 0 Å². The first-order chi connectivity index (χ1) is 15.0. The smallest absolute Gasteiger partial charge is 0.296 e. The lowest BCUT2D eigenvalue weighted by Gasteiger charge is -2.26. The fourth-order valence-electron chi connectivity index (χ4n) is 3.74. The predicted octanol–water partition coefficient (Wildman–Crippen LogP) is 3.92. The van der Waals surface area contributed by atoms with Crippen LogP contribution < -0.4 is 9.47 Å². The maximum atomic E-state index is 13.1. The highest BCUT2D eigenvalue weighted by Gasteiger charge is 2.47. The van der Waals surface area contributed by atoms with Crippen LogP contribution in [0.5, 0.6) is 11.5 Å². The first-order valence-corrected chi connectivity index (χ1v) is 9.63. The largest absolute Gasteiger partial charge is 0.507 e. The summed E-state index contributed by atoms with van der Waals surface area (Å²) >= 11 is 0. The van der Waals surface area contributed by atoms with Crippen molar-refractivity contribution in [3.05, 3.63) is 89.4 Å². The Bertz CT molecular complexity index is 1130. The third-order valence-corrected chi connectivity index (χ3v) is 5.22. The second-order valence-electron chi connectivity index (χ2n) is 6.98. The molecule has 1 saturated heterocycles. The van der Waals surface area contributed by atoms with E-state index < -0.39 is 17.7 Å². The number of ketones is 1. The molecule has 1 aliphatic heterocycles. The summed E-state index contributed by atoms with van der Waals surface area (Å²) < 4.78 is 16.3. The van der Waals surface area contributed by atoms with Crippen LogP contribution in [0.15, 0.2) is 76.9 Å². The van der Waals surface area contributed by atoms with Gasteiger partial charge in [-0.15, -0.1) is 0 Å². The maximum Gasteiger partial charge on any atom is 0.296 e. The van der Waals surface area contributed by atoms with Gasteiger partial charge in [-0.05, 0) is 30.3 Å². The van der Waals surface area contributed by atoms with Gasteiger partial charge in [0, 0.05) is 11.1 Å². The Balaban J connectivity index is 1.94. The van der Waals surface area contributed by atoms with Crippen LogP contribution in [-0.2, 0) is 16.1 Å². The minimum atomic E-state index is -0.893. The van der Waals surface area contributed by atoms with Gasteiger partial charge in [0.2, 0.25) is 0 Å². The van der Waals surface area contributed by atoms with E-state index in [1.807, 2.05) is 0 Å². The molecular formula is C24H21NO6. The van der Waals surface area contributed by atoms with Crippen molar-refractivity contribution < 1.29 is 28.6 Å². The first-order valence-electron chi connectivity index (χ1n) is 9.63. The van der Waals surface area contributed by atoms with Crippen LogP contribution in [0.3, 0.4) is 0 Å². The summed E-state index contributed by atoms with van der Waals surface area (Å²) in [6.45, 7) is 0.0498. The molecule has 1 fully saturated rings. The number of likely N-dealkylation sites (tertiary alicyclic amines) is 1. The van der Waals surface area contributed by atoms with Crippen molar-refractivity contribution in [2.75, 3.05) is 14.2 Å². The first kappa shape index (κ1) is 20.3. The summed E-state index contributed by atoms with van der Waals surface area (Å²) in [4.78, 5) is 27.5. The Morgan fingerprint density at radius 1 is 1.03 bits per heavy atom. The molecule has 0 radical (unpaired) electrons. The van der Waals surface area contributed by atoms with E-state index in [9.17, 15) is 14.7 Å². The number of carbonyl (C=O) groups is 2. The van der Waals surface area contributed by atoms with E-state index in [-0.39, 0.29) is 17.9 Å². The molecule has 0 bridgehead atoms. The van der Waals surface area contributed by atoms with E-state index in [4.69, 9.17) is 13.9 Å². The molecule has 1 aromatic heterocycles. The molecule has 1 amide bonds. The monoisotopic (exact) mass is 419 g/mol. The van der Waals surface area contributed by atoms with E-state index >= 15 is 0 Å². The topological polar surface area (TPSA) is 89.2 Å². The number of amides is 1. The van der Waals surface area contributed by atoms with Gasteiger partial charge in [0.25, 0.3) is 11.7 Å². The third-order valence-electron chi connectivity index (χ3n) is 5.22. The molecule has 1 aliphatic rings. The molecule has 31 heavy (non-hydrogen) atoms. The van der Waals surface area contributed by atoms with Crippen molar-refractivity contribution in [2.45, 2.75) is 12.6 Å². The summed E-state index contributed by atoms with van der Waals surface area (Å²) in [5, 5.41) is 11.1. The number of carbonyl (C=O) groups excluding carboxylic acids is 2. The quantitative estimate of drug-likeness (QED) is 0.370. The fraction of sp³-hybridized carbons (Fsp3) is 0.167. The third kappa shape index (κ3) is 3.66. The number of ether oxygens (including phenoxy) is 2. The molecule has 158 valence electrons. The Morgan fingerprint density at radius 3 is 2.45 bits per heavy atom. The highest BCUT2D eigenvalue weighted by Crippen LogP contribution is 2.44. The molecule has 0 unspecified atom stereocenters. The molecule has 3 aromatic rings. The highest BCUT2D eigenvalue weighted by atomic mass is 16.5. The zero-order valence-corrected chi connectivity index (χ0v) is 17.1. The molecular weight excluding hydrogens is 398 g/mol. The fourth-order valence-corrected chi connectivity index (χ4v) is 3.74. The number of hydrogen-bond acceptors (Lipinski definition) is 6. The van der Waals surface area contributed by atoms with Crippen LogP contribution in [0.1, 0.15) is 22.9 Å². The Labute approximate surface area is 179 Å². The zero-order valence-electron chi connectivity index (χ0n) is 17.1. The number of benzene rings is 2. The summed E-state index contributed by atoms with van der Waals surface area (Å²) in [5.74, 6) is -0.272. The summed E-state index contributed by atoms with van der Waals surface area (Å²) in [6.07, 6.45) is 1.50.